The number of hydrogen-bond acceptors (Lipinski definition) is 5. The lowest BCUT2D eigenvalue weighted by Crippen LogP contribution is -2.34. The van der Waals surface area contributed by atoms with Gasteiger partial charge in [0.1, 0.15) is 18.5 Å². The molecule has 3 N–H and O–H groups in total. The van der Waals surface area contributed by atoms with Crippen LogP contribution in [0.15, 0.2) is 24.3 Å². The molecule has 5 nitrogen and oxygen atoms in total. The van der Waals surface area contributed by atoms with Crippen molar-refractivity contribution in [3.63, 3.8) is 0 Å². The molecular formula is C15H24N2O3. The topological polar surface area (TPSA) is 68.0 Å². The number of likely N-dealkylation sites (tertiary alicyclic amines) is 1. The van der Waals surface area contributed by atoms with E-state index in [0.717, 1.165) is 26.1 Å². The average molecular weight is 280 g/mol. The van der Waals surface area contributed by atoms with Crippen molar-refractivity contribution in [2.45, 2.75) is 12.5 Å². The maximum atomic E-state index is 10.0. The molecule has 0 saturated carbocycles. The van der Waals surface area contributed by atoms with Gasteiger partial charge in [-0.05, 0) is 31.0 Å². The number of nitrogen functional groups attached to an aromatic ring is 1. The maximum absolute atomic E-state index is 10.0. The second kappa shape index (κ2) is 7.47. The van der Waals surface area contributed by atoms with Gasteiger partial charge in [0.2, 0.25) is 0 Å². The van der Waals surface area contributed by atoms with Gasteiger partial charge in [0, 0.05) is 32.0 Å². The van der Waals surface area contributed by atoms with E-state index in [1.54, 1.807) is 13.2 Å². The zero-order chi connectivity index (χ0) is 14.4. The van der Waals surface area contributed by atoms with E-state index in [2.05, 4.69) is 4.90 Å². The first-order valence-electron chi connectivity index (χ1n) is 7.05. The molecule has 1 aliphatic heterocycles. The van der Waals surface area contributed by atoms with Crippen LogP contribution in [0.5, 0.6) is 5.75 Å². The monoisotopic (exact) mass is 280 g/mol. The second-order valence-electron chi connectivity index (χ2n) is 5.41. The van der Waals surface area contributed by atoms with Gasteiger partial charge in [-0.25, -0.2) is 0 Å². The fourth-order valence-electron chi connectivity index (χ4n) is 2.60. The maximum Gasteiger partial charge on any atom is 0.121 e. The van der Waals surface area contributed by atoms with Crippen molar-refractivity contribution in [2.24, 2.45) is 5.92 Å². The molecule has 2 unspecified atom stereocenters. The van der Waals surface area contributed by atoms with Gasteiger partial charge in [0.25, 0.3) is 0 Å². The summed E-state index contributed by atoms with van der Waals surface area (Å²) in [4.78, 5) is 2.26. The SMILES string of the molecule is COCC1CCN(CC(O)COc2cccc(N)c2)C1. The van der Waals surface area contributed by atoms with Crippen LogP contribution in [-0.4, -0.2) is 56.1 Å². The Hall–Kier alpha value is -1.30. The van der Waals surface area contributed by atoms with E-state index in [4.69, 9.17) is 15.2 Å². The fourth-order valence-corrected chi connectivity index (χ4v) is 2.60. The third-order valence-corrected chi connectivity index (χ3v) is 3.54. The fraction of sp³-hybridized carbons (Fsp3) is 0.600. The van der Waals surface area contributed by atoms with Crippen molar-refractivity contribution in [3.8, 4) is 5.75 Å². The molecule has 0 bridgehead atoms. The number of aliphatic hydroxyl groups is 1. The van der Waals surface area contributed by atoms with E-state index in [9.17, 15) is 5.11 Å². The standard InChI is InChI=1S/C15H24N2O3/c1-19-10-12-5-6-17(8-12)9-14(18)11-20-15-4-2-3-13(16)7-15/h2-4,7,12,14,18H,5-6,8-11,16H2,1H3. The summed E-state index contributed by atoms with van der Waals surface area (Å²) >= 11 is 0. The third-order valence-electron chi connectivity index (χ3n) is 3.54. The lowest BCUT2D eigenvalue weighted by Gasteiger charge is -2.20. The zero-order valence-electron chi connectivity index (χ0n) is 12.0. The Morgan fingerprint density at radius 3 is 3.10 bits per heavy atom. The Kier molecular flexibility index (Phi) is 5.64. The minimum Gasteiger partial charge on any atom is -0.491 e. The first-order valence-corrected chi connectivity index (χ1v) is 7.05. The molecule has 1 aromatic rings. The van der Waals surface area contributed by atoms with Crippen LogP contribution in [0, 0.1) is 5.92 Å². The summed E-state index contributed by atoms with van der Waals surface area (Å²) in [6, 6.07) is 7.25. The van der Waals surface area contributed by atoms with Crippen LogP contribution in [0.2, 0.25) is 0 Å². The van der Waals surface area contributed by atoms with Gasteiger partial charge in [-0.1, -0.05) is 6.07 Å². The van der Waals surface area contributed by atoms with Crippen molar-refractivity contribution in [1.29, 1.82) is 0 Å². The summed E-state index contributed by atoms with van der Waals surface area (Å²) < 4.78 is 10.7. The van der Waals surface area contributed by atoms with Gasteiger partial charge in [-0.15, -0.1) is 0 Å². The van der Waals surface area contributed by atoms with Crippen LogP contribution in [-0.2, 0) is 4.74 Å². The molecule has 0 aliphatic carbocycles. The van der Waals surface area contributed by atoms with Gasteiger partial charge in [-0.3, -0.25) is 0 Å². The van der Waals surface area contributed by atoms with Gasteiger partial charge < -0.3 is 25.2 Å². The van der Waals surface area contributed by atoms with Crippen molar-refractivity contribution < 1.29 is 14.6 Å². The lowest BCUT2D eigenvalue weighted by atomic mass is 10.1. The van der Waals surface area contributed by atoms with Crippen molar-refractivity contribution in [2.75, 3.05) is 45.7 Å². The molecule has 112 valence electrons. The van der Waals surface area contributed by atoms with Crippen molar-refractivity contribution >= 4 is 5.69 Å². The number of methoxy groups -OCH3 is 1. The van der Waals surface area contributed by atoms with E-state index >= 15 is 0 Å². The molecule has 0 aromatic heterocycles. The molecule has 2 atom stereocenters. The summed E-state index contributed by atoms with van der Waals surface area (Å²) in [6.45, 7) is 3.73. The lowest BCUT2D eigenvalue weighted by molar-refractivity contribution is 0.0724. The Morgan fingerprint density at radius 2 is 2.35 bits per heavy atom. The number of benzene rings is 1. The number of rotatable bonds is 7. The van der Waals surface area contributed by atoms with Crippen molar-refractivity contribution in [3.05, 3.63) is 24.3 Å². The van der Waals surface area contributed by atoms with Crippen LogP contribution < -0.4 is 10.5 Å². The first kappa shape index (κ1) is 15.1. The van der Waals surface area contributed by atoms with Crippen LogP contribution in [0.1, 0.15) is 6.42 Å². The molecule has 1 aliphatic rings. The summed E-state index contributed by atoms with van der Waals surface area (Å²) in [6.07, 6.45) is 0.647. The molecule has 1 aromatic carbocycles. The Labute approximate surface area is 120 Å². The zero-order valence-corrected chi connectivity index (χ0v) is 12.0. The normalized spacial score (nSPS) is 21.0. The number of ether oxygens (including phenoxy) is 2. The quantitative estimate of drug-likeness (QED) is 0.729. The van der Waals surface area contributed by atoms with Crippen molar-refractivity contribution in [1.82, 2.24) is 4.90 Å². The van der Waals surface area contributed by atoms with E-state index in [1.165, 1.54) is 0 Å². The number of β-amino-alcohol motifs (C(OH)–C–C–N with tert-alkyl or cyclic N) is 1. The van der Waals surface area contributed by atoms with E-state index in [1.807, 2.05) is 18.2 Å². The summed E-state index contributed by atoms with van der Waals surface area (Å²) in [5, 5.41) is 10.0. The Morgan fingerprint density at radius 1 is 1.50 bits per heavy atom. The molecule has 0 radical (unpaired) electrons. The number of nitrogens with zero attached hydrogens (tertiary/aromatic N) is 1. The minimum atomic E-state index is -0.488. The van der Waals surface area contributed by atoms with E-state index in [0.29, 0.717) is 23.9 Å². The smallest absolute Gasteiger partial charge is 0.121 e. The molecule has 1 fully saturated rings. The highest BCUT2D eigenvalue weighted by Crippen LogP contribution is 2.17. The Bertz CT molecular complexity index is 414. The molecular weight excluding hydrogens is 256 g/mol. The van der Waals surface area contributed by atoms with Gasteiger partial charge in [-0.2, -0.15) is 0 Å². The summed E-state index contributed by atoms with van der Waals surface area (Å²) in [5.74, 6) is 1.28. The average Bonchev–Trinajstić information content (AvgIpc) is 2.84. The van der Waals surface area contributed by atoms with Crippen LogP contribution in [0.3, 0.4) is 0 Å². The highest BCUT2D eigenvalue weighted by atomic mass is 16.5. The summed E-state index contributed by atoms with van der Waals surface area (Å²) in [7, 11) is 1.73. The van der Waals surface area contributed by atoms with Gasteiger partial charge in [0.05, 0.1) is 6.61 Å². The van der Waals surface area contributed by atoms with Crippen LogP contribution >= 0.6 is 0 Å². The molecule has 0 spiro atoms. The van der Waals surface area contributed by atoms with Gasteiger partial charge in [0.15, 0.2) is 0 Å². The molecule has 1 saturated heterocycles. The third kappa shape index (κ3) is 4.67. The summed E-state index contributed by atoms with van der Waals surface area (Å²) in [5.41, 5.74) is 6.34. The minimum absolute atomic E-state index is 0.287. The number of aliphatic hydroxyl groups excluding tert-OH is 1. The molecule has 0 amide bonds. The van der Waals surface area contributed by atoms with Gasteiger partial charge >= 0.3 is 0 Å². The molecule has 2 rings (SSSR count). The number of nitrogens with two attached hydrogens (primary N) is 1. The van der Waals surface area contributed by atoms with Crippen LogP contribution in [0.25, 0.3) is 0 Å². The van der Waals surface area contributed by atoms with Crippen LogP contribution in [0.4, 0.5) is 5.69 Å². The predicted molar refractivity (Wildman–Crippen MR) is 78.8 cm³/mol. The molecule has 5 heteroatoms. The molecule has 20 heavy (non-hydrogen) atoms. The van der Waals surface area contributed by atoms with E-state index in [-0.39, 0.29) is 6.61 Å². The molecule has 1 heterocycles. The highest BCUT2D eigenvalue weighted by Gasteiger charge is 2.24. The number of hydrogen-bond donors (Lipinski definition) is 2. The first-order chi connectivity index (χ1) is 9.67. The number of anilines is 1. The highest BCUT2D eigenvalue weighted by molar-refractivity contribution is 5.43. The van der Waals surface area contributed by atoms with E-state index < -0.39 is 6.10 Å². The Balaban J connectivity index is 1.69. The second-order valence-corrected chi connectivity index (χ2v) is 5.41. The largest absolute Gasteiger partial charge is 0.491 e. The predicted octanol–water partition coefficient (Wildman–Crippen LogP) is 0.977.